The maximum atomic E-state index is 11.8. The topological polar surface area (TPSA) is 46.5 Å². The monoisotopic (exact) mass is 256 g/mol. The predicted octanol–water partition coefficient (Wildman–Crippen LogP) is 3.49. The molecule has 0 aromatic heterocycles. The molecule has 17 heavy (non-hydrogen) atoms. The molecule has 0 heterocycles. The summed E-state index contributed by atoms with van der Waals surface area (Å²) in [6, 6.07) is 4.71. The number of hydrogen-bond donors (Lipinski definition) is 1. The van der Waals surface area contributed by atoms with Crippen molar-refractivity contribution in [2.24, 2.45) is 0 Å². The Morgan fingerprint density at radius 1 is 1.47 bits per heavy atom. The number of benzene rings is 1. The Morgan fingerprint density at radius 3 is 2.71 bits per heavy atom. The summed E-state index contributed by atoms with van der Waals surface area (Å²) in [5.41, 5.74) is 0.688. The van der Waals surface area contributed by atoms with E-state index in [0.717, 1.165) is 6.42 Å². The SMILES string of the molecule is CCCOC(C(=O)CC)c1ccc(O)c(Cl)c1. The number of aromatic hydroxyl groups is 1. The number of hydrogen-bond acceptors (Lipinski definition) is 3. The van der Waals surface area contributed by atoms with Crippen LogP contribution in [0.15, 0.2) is 18.2 Å². The van der Waals surface area contributed by atoms with E-state index in [1.54, 1.807) is 19.1 Å². The highest BCUT2D eigenvalue weighted by Gasteiger charge is 2.20. The Morgan fingerprint density at radius 2 is 2.18 bits per heavy atom. The number of carbonyl (C=O) groups is 1. The number of Topliss-reactive ketones (excluding diaryl/α,β-unsaturated/α-hetero) is 1. The lowest BCUT2D eigenvalue weighted by atomic mass is 10.0. The van der Waals surface area contributed by atoms with Crippen molar-refractivity contribution in [3.05, 3.63) is 28.8 Å². The van der Waals surface area contributed by atoms with Crippen molar-refractivity contribution < 1.29 is 14.6 Å². The highest BCUT2D eigenvalue weighted by atomic mass is 35.5. The minimum Gasteiger partial charge on any atom is -0.506 e. The average Bonchev–Trinajstić information content (AvgIpc) is 2.33. The zero-order valence-electron chi connectivity index (χ0n) is 10.1. The Balaban J connectivity index is 2.95. The van der Waals surface area contributed by atoms with Crippen molar-refractivity contribution in [1.82, 2.24) is 0 Å². The lowest BCUT2D eigenvalue weighted by Crippen LogP contribution is -2.15. The molecule has 0 aliphatic rings. The van der Waals surface area contributed by atoms with E-state index >= 15 is 0 Å². The summed E-state index contributed by atoms with van der Waals surface area (Å²) in [4.78, 5) is 11.8. The summed E-state index contributed by atoms with van der Waals surface area (Å²) >= 11 is 5.82. The normalized spacial score (nSPS) is 12.4. The third kappa shape index (κ3) is 3.72. The Hall–Kier alpha value is -1.06. The molecule has 4 heteroatoms. The molecule has 1 aromatic carbocycles. The third-order valence-corrected chi connectivity index (χ3v) is 2.71. The molecule has 0 saturated heterocycles. The van der Waals surface area contributed by atoms with Crippen molar-refractivity contribution in [2.75, 3.05) is 6.61 Å². The highest BCUT2D eigenvalue weighted by Crippen LogP contribution is 2.29. The van der Waals surface area contributed by atoms with Crippen LogP contribution in [0.4, 0.5) is 0 Å². The van der Waals surface area contributed by atoms with Gasteiger partial charge in [0.2, 0.25) is 0 Å². The van der Waals surface area contributed by atoms with Crippen molar-refractivity contribution in [1.29, 1.82) is 0 Å². The van der Waals surface area contributed by atoms with E-state index < -0.39 is 6.10 Å². The second-order valence-electron chi connectivity index (χ2n) is 3.78. The fourth-order valence-corrected chi connectivity index (χ4v) is 1.67. The molecular formula is C13H17ClO3. The minimum absolute atomic E-state index is 0.00797. The maximum Gasteiger partial charge on any atom is 0.165 e. The molecule has 0 aliphatic carbocycles. The molecule has 0 bridgehead atoms. The zero-order chi connectivity index (χ0) is 12.8. The van der Waals surface area contributed by atoms with Crippen molar-refractivity contribution in [2.45, 2.75) is 32.8 Å². The zero-order valence-corrected chi connectivity index (χ0v) is 10.8. The first-order chi connectivity index (χ1) is 8.10. The van der Waals surface area contributed by atoms with Gasteiger partial charge in [0.05, 0.1) is 5.02 Å². The molecule has 1 rings (SSSR count). The van der Waals surface area contributed by atoms with E-state index in [4.69, 9.17) is 16.3 Å². The number of ether oxygens (including phenoxy) is 1. The van der Waals surface area contributed by atoms with E-state index in [9.17, 15) is 9.90 Å². The van der Waals surface area contributed by atoms with E-state index in [1.165, 1.54) is 6.07 Å². The summed E-state index contributed by atoms with van der Waals surface area (Å²) in [5.74, 6) is 0.0220. The maximum absolute atomic E-state index is 11.8. The van der Waals surface area contributed by atoms with Gasteiger partial charge in [-0.1, -0.05) is 31.5 Å². The van der Waals surface area contributed by atoms with Crippen molar-refractivity contribution >= 4 is 17.4 Å². The summed E-state index contributed by atoms with van der Waals surface area (Å²) in [6.07, 6.45) is 0.671. The third-order valence-electron chi connectivity index (χ3n) is 2.40. The smallest absolute Gasteiger partial charge is 0.165 e. The first-order valence-corrected chi connectivity index (χ1v) is 6.10. The van der Waals surface area contributed by atoms with Crippen LogP contribution in [0.3, 0.4) is 0 Å². The standard InChI is InChI=1S/C13H17ClO3/c1-3-7-17-13(11(15)4-2)9-5-6-12(16)10(14)8-9/h5-6,8,13,16H,3-4,7H2,1-2H3. The predicted molar refractivity (Wildman–Crippen MR) is 67.4 cm³/mol. The first kappa shape index (κ1) is 14.0. The number of carbonyl (C=O) groups excluding carboxylic acids is 1. The molecule has 0 saturated carbocycles. The largest absolute Gasteiger partial charge is 0.506 e. The number of halogens is 1. The van der Waals surface area contributed by atoms with Crippen LogP contribution in [-0.4, -0.2) is 17.5 Å². The van der Waals surface area contributed by atoms with Gasteiger partial charge >= 0.3 is 0 Å². The molecule has 94 valence electrons. The van der Waals surface area contributed by atoms with Crippen LogP contribution >= 0.6 is 11.6 Å². The molecule has 0 amide bonds. The molecule has 0 spiro atoms. The van der Waals surface area contributed by atoms with Crippen LogP contribution in [0.2, 0.25) is 5.02 Å². The molecule has 1 N–H and O–H groups in total. The summed E-state index contributed by atoms with van der Waals surface area (Å²) in [5, 5.41) is 9.57. The Kier molecular flexibility index (Phi) is 5.45. The summed E-state index contributed by atoms with van der Waals surface area (Å²) in [6.45, 7) is 4.30. The van der Waals surface area contributed by atoms with Gasteiger partial charge in [-0.3, -0.25) is 4.79 Å². The average molecular weight is 257 g/mol. The fourth-order valence-electron chi connectivity index (χ4n) is 1.48. The lowest BCUT2D eigenvalue weighted by Gasteiger charge is -2.16. The van der Waals surface area contributed by atoms with Gasteiger partial charge in [-0.2, -0.15) is 0 Å². The molecule has 1 atom stereocenters. The van der Waals surface area contributed by atoms with Gasteiger partial charge in [-0.15, -0.1) is 0 Å². The summed E-state index contributed by atoms with van der Waals surface area (Å²) < 4.78 is 5.54. The molecular weight excluding hydrogens is 240 g/mol. The van der Waals surface area contributed by atoms with Crippen LogP contribution in [0.25, 0.3) is 0 Å². The first-order valence-electron chi connectivity index (χ1n) is 5.72. The number of phenols is 1. The van der Waals surface area contributed by atoms with Crippen LogP contribution < -0.4 is 0 Å². The van der Waals surface area contributed by atoms with Gasteiger partial charge in [-0.25, -0.2) is 0 Å². The second-order valence-corrected chi connectivity index (χ2v) is 4.19. The van der Waals surface area contributed by atoms with Gasteiger partial charge < -0.3 is 9.84 Å². The highest BCUT2D eigenvalue weighted by molar-refractivity contribution is 6.32. The van der Waals surface area contributed by atoms with E-state index in [1.807, 2.05) is 6.92 Å². The number of ketones is 1. The molecule has 3 nitrogen and oxygen atoms in total. The molecule has 1 unspecified atom stereocenters. The van der Waals surface area contributed by atoms with Gasteiger partial charge in [-0.05, 0) is 24.1 Å². The Bertz CT molecular complexity index is 390. The quantitative estimate of drug-likeness (QED) is 0.847. The van der Waals surface area contributed by atoms with E-state index in [0.29, 0.717) is 18.6 Å². The molecule has 0 fully saturated rings. The molecule has 1 aromatic rings. The van der Waals surface area contributed by atoms with Crippen LogP contribution in [0.5, 0.6) is 5.75 Å². The lowest BCUT2D eigenvalue weighted by molar-refractivity contribution is -0.130. The van der Waals surface area contributed by atoms with Gasteiger partial charge in [0.1, 0.15) is 11.9 Å². The van der Waals surface area contributed by atoms with Gasteiger partial charge in [0, 0.05) is 13.0 Å². The van der Waals surface area contributed by atoms with Gasteiger partial charge in [0.25, 0.3) is 0 Å². The van der Waals surface area contributed by atoms with Gasteiger partial charge in [0.15, 0.2) is 5.78 Å². The Labute approximate surface area is 106 Å². The van der Waals surface area contributed by atoms with Crippen LogP contribution in [0, 0.1) is 0 Å². The fraction of sp³-hybridized carbons (Fsp3) is 0.462. The van der Waals surface area contributed by atoms with Crippen molar-refractivity contribution in [3.8, 4) is 5.75 Å². The van der Waals surface area contributed by atoms with Crippen LogP contribution in [0.1, 0.15) is 38.4 Å². The minimum atomic E-state index is -0.585. The molecule has 0 aliphatic heterocycles. The number of phenolic OH excluding ortho intramolecular Hbond substituents is 1. The van der Waals surface area contributed by atoms with Crippen LogP contribution in [-0.2, 0) is 9.53 Å². The van der Waals surface area contributed by atoms with E-state index in [2.05, 4.69) is 0 Å². The number of rotatable bonds is 6. The van der Waals surface area contributed by atoms with Crippen molar-refractivity contribution in [3.63, 3.8) is 0 Å². The second kappa shape index (κ2) is 6.62. The summed E-state index contributed by atoms with van der Waals surface area (Å²) in [7, 11) is 0. The van der Waals surface area contributed by atoms with E-state index in [-0.39, 0.29) is 16.6 Å². The molecule has 0 radical (unpaired) electrons.